The summed E-state index contributed by atoms with van der Waals surface area (Å²) in [6.07, 6.45) is 4.15. The average molecular weight is 742 g/mol. The highest BCUT2D eigenvalue weighted by molar-refractivity contribution is 6.26. The van der Waals surface area contributed by atoms with E-state index in [2.05, 4.69) is 15.0 Å². The molecule has 4 rings (SSSR count). The van der Waals surface area contributed by atoms with Gasteiger partial charge < -0.3 is 29.6 Å². The van der Waals surface area contributed by atoms with Gasteiger partial charge in [0.2, 0.25) is 11.7 Å². The Hall–Kier alpha value is -4.12. The fourth-order valence-corrected chi connectivity index (χ4v) is 9.48. The van der Waals surface area contributed by atoms with Crippen molar-refractivity contribution < 1.29 is 58.4 Å². The van der Waals surface area contributed by atoms with Crippen LogP contribution < -0.4 is 5.32 Å². The Balaban J connectivity index is 1.53. The number of halogens is 1. The summed E-state index contributed by atoms with van der Waals surface area (Å²) in [6, 6.07) is 0. The number of allylic oxidation sites excluding steroid dienone is 4. The number of fused-ring (bicyclic) bond motifs is 5. The molecule has 0 saturated heterocycles. The molecule has 8 atom stereocenters. The molecule has 0 spiro atoms. The largest absolute Gasteiger partial charge is 0.457 e. The van der Waals surface area contributed by atoms with Crippen molar-refractivity contribution in [1.82, 2.24) is 5.32 Å². The summed E-state index contributed by atoms with van der Waals surface area (Å²) < 4.78 is 11.4. The Morgan fingerprint density at radius 3 is 2.31 bits per heavy atom. The second kappa shape index (κ2) is 15.6. The van der Waals surface area contributed by atoms with Gasteiger partial charge in [0.1, 0.15) is 0 Å². The molecule has 0 heterocycles. The molecule has 0 radical (unpaired) electrons. The number of esters is 2. The molecule has 4 aliphatic rings. The maximum atomic E-state index is 14.4. The summed E-state index contributed by atoms with van der Waals surface area (Å²) >= 11 is 7.53. The maximum absolute atomic E-state index is 14.4. The Kier molecular flexibility index (Phi) is 12.2. The lowest BCUT2D eigenvalue weighted by Gasteiger charge is -2.63. The van der Waals surface area contributed by atoms with Crippen LogP contribution in [0.15, 0.2) is 23.8 Å². The quantitative estimate of drug-likeness (QED) is 0.0544. The van der Waals surface area contributed by atoms with Crippen molar-refractivity contribution in [3.05, 3.63) is 44.0 Å². The lowest BCUT2D eigenvalue weighted by atomic mass is 9.46. The van der Waals surface area contributed by atoms with Crippen LogP contribution in [0.4, 0.5) is 0 Å². The highest BCUT2D eigenvalue weighted by atomic mass is 35.5. The van der Waals surface area contributed by atoms with Gasteiger partial charge in [0.25, 0.3) is 10.2 Å². The normalized spacial score (nSPS) is 33.4. The molecule has 2 saturated carbocycles. The first kappa shape index (κ1) is 39.7. The summed E-state index contributed by atoms with van der Waals surface area (Å²) in [4.78, 5) is 92.7. The SMILES string of the molecule is C[C@H]1CC2C3CC=C4CC(=O)C=C[C@]4(C)[C@@]3(Cl)[C@@H](O)C[C@]2(C)[C@@]1(OC(=O)CCCO[N+](=O)[O-])C(=O)COC(=O)CCNC(=O)CCCO[N+](=O)[O-]. The van der Waals surface area contributed by atoms with E-state index in [0.717, 1.165) is 5.57 Å². The molecule has 4 aliphatic carbocycles. The number of rotatable bonds is 17. The zero-order valence-corrected chi connectivity index (χ0v) is 29.5. The van der Waals surface area contributed by atoms with Gasteiger partial charge in [-0.2, -0.15) is 0 Å². The maximum Gasteiger partial charge on any atom is 0.308 e. The van der Waals surface area contributed by atoms with Crippen molar-refractivity contribution in [3.8, 4) is 0 Å². The van der Waals surface area contributed by atoms with Crippen LogP contribution in [0.5, 0.6) is 0 Å². The van der Waals surface area contributed by atoms with E-state index in [1.807, 2.05) is 13.0 Å². The third kappa shape index (κ3) is 7.59. The van der Waals surface area contributed by atoms with Gasteiger partial charge in [-0.3, -0.25) is 24.0 Å². The Bertz CT molecular complexity index is 1500. The lowest BCUT2D eigenvalue weighted by Crippen LogP contribution is -2.69. The molecule has 282 valence electrons. The van der Waals surface area contributed by atoms with Crippen molar-refractivity contribution in [2.75, 3.05) is 26.4 Å². The standard InChI is InChI=1S/C33H44ClN3O14/c1-20-16-24-23-9-8-21-17-22(38)10-12-30(21,2)32(23,34)25(39)18-31(24,3)33(20,51-29(43)7-5-15-50-37(46)47)26(40)19-48-28(42)11-13-35-27(41)6-4-14-49-36(44)45/h8,10,12,20,23-25,39H,4-7,9,11,13-19H2,1-3H3,(H,35,41)/t20-,23?,24?,25-,30-,31-,32-,33-/m0/s1. The third-order valence-electron chi connectivity index (χ3n) is 11.3. The van der Waals surface area contributed by atoms with Gasteiger partial charge in [0, 0.05) is 42.6 Å². The van der Waals surface area contributed by atoms with Crippen molar-refractivity contribution in [2.24, 2.45) is 28.6 Å². The van der Waals surface area contributed by atoms with Crippen molar-refractivity contribution >= 4 is 41.0 Å². The minimum absolute atomic E-state index is 0.0667. The van der Waals surface area contributed by atoms with Crippen molar-refractivity contribution in [1.29, 1.82) is 0 Å². The number of hydrogen-bond acceptors (Lipinski definition) is 14. The number of alkyl halides is 1. The zero-order chi connectivity index (χ0) is 37.8. The number of amides is 1. The molecule has 1 amide bonds. The van der Waals surface area contributed by atoms with E-state index in [4.69, 9.17) is 21.1 Å². The molecular weight excluding hydrogens is 698 g/mol. The van der Waals surface area contributed by atoms with Gasteiger partial charge >= 0.3 is 11.9 Å². The molecule has 0 aromatic carbocycles. The second-order valence-corrected chi connectivity index (χ2v) is 14.7. The molecule has 0 aromatic heterocycles. The molecule has 2 N–H and O–H groups in total. The molecule has 18 heteroatoms. The summed E-state index contributed by atoms with van der Waals surface area (Å²) in [7, 11) is 0. The molecule has 0 aliphatic heterocycles. The van der Waals surface area contributed by atoms with E-state index in [0.29, 0.717) is 12.8 Å². The van der Waals surface area contributed by atoms with E-state index in [9.17, 15) is 49.3 Å². The number of nitrogens with one attached hydrogen (secondary N) is 1. The minimum Gasteiger partial charge on any atom is -0.457 e. The highest BCUT2D eigenvalue weighted by Gasteiger charge is 2.76. The van der Waals surface area contributed by atoms with Crippen LogP contribution in [0.3, 0.4) is 0 Å². The molecule has 17 nitrogen and oxygen atoms in total. The number of nitrogens with zero attached hydrogens (tertiary/aromatic N) is 2. The van der Waals surface area contributed by atoms with E-state index in [1.54, 1.807) is 19.9 Å². The highest BCUT2D eigenvalue weighted by Crippen LogP contribution is 2.71. The van der Waals surface area contributed by atoms with Crippen LogP contribution in [-0.2, 0) is 43.1 Å². The van der Waals surface area contributed by atoms with E-state index in [-0.39, 0.29) is 76.4 Å². The van der Waals surface area contributed by atoms with Crippen LogP contribution in [0.25, 0.3) is 0 Å². The average Bonchev–Trinajstić information content (AvgIpc) is 3.27. The lowest BCUT2D eigenvalue weighted by molar-refractivity contribution is -0.757. The van der Waals surface area contributed by atoms with Crippen molar-refractivity contribution in [3.63, 3.8) is 0 Å². The number of hydrogen-bond donors (Lipinski definition) is 2. The topological polar surface area (TPSA) is 241 Å². The first-order valence-corrected chi connectivity index (χ1v) is 17.3. The van der Waals surface area contributed by atoms with Crippen LogP contribution in [0.2, 0.25) is 0 Å². The Labute approximate surface area is 298 Å². The monoisotopic (exact) mass is 741 g/mol. The number of ketones is 2. The summed E-state index contributed by atoms with van der Waals surface area (Å²) in [5.41, 5.74) is -3.14. The third-order valence-corrected chi connectivity index (χ3v) is 12.2. The molecule has 51 heavy (non-hydrogen) atoms. The van der Waals surface area contributed by atoms with Crippen LogP contribution in [0, 0.1) is 48.8 Å². The van der Waals surface area contributed by atoms with Crippen LogP contribution in [-0.4, -0.2) is 87.6 Å². The minimum atomic E-state index is -1.89. The number of Topliss-reactive ketones (excluding diaryl/α,β-unsaturated/α-hetero) is 1. The first-order valence-electron chi connectivity index (χ1n) is 16.9. The van der Waals surface area contributed by atoms with Gasteiger partial charge in [0.05, 0.1) is 30.6 Å². The summed E-state index contributed by atoms with van der Waals surface area (Å²) in [6.45, 7) is 3.84. The van der Waals surface area contributed by atoms with Gasteiger partial charge in [0.15, 0.2) is 18.0 Å². The number of aliphatic hydroxyl groups is 1. The molecular formula is C33H44ClN3O14. The zero-order valence-electron chi connectivity index (χ0n) is 28.8. The Morgan fingerprint density at radius 1 is 1.02 bits per heavy atom. The number of carbonyl (C=O) groups excluding carboxylic acids is 5. The van der Waals surface area contributed by atoms with Crippen LogP contribution in [0.1, 0.15) is 78.6 Å². The summed E-state index contributed by atoms with van der Waals surface area (Å²) in [5.74, 6) is -4.33. The van der Waals surface area contributed by atoms with Gasteiger partial charge in [-0.25, -0.2) is 0 Å². The molecule has 0 aromatic rings. The second-order valence-electron chi connectivity index (χ2n) is 14.1. The van der Waals surface area contributed by atoms with Gasteiger partial charge in [-0.05, 0) is 50.0 Å². The Morgan fingerprint density at radius 2 is 1.67 bits per heavy atom. The number of carbonyl (C=O) groups is 5. The van der Waals surface area contributed by atoms with Crippen LogP contribution >= 0.6 is 11.6 Å². The first-order chi connectivity index (χ1) is 23.9. The fraction of sp³-hybridized carbons (Fsp3) is 0.727. The molecule has 0 bridgehead atoms. The van der Waals surface area contributed by atoms with E-state index in [1.165, 1.54) is 6.08 Å². The van der Waals surface area contributed by atoms with Gasteiger partial charge in [-0.1, -0.05) is 38.5 Å². The predicted molar refractivity (Wildman–Crippen MR) is 174 cm³/mol. The molecule has 2 unspecified atom stereocenters. The molecule has 2 fully saturated rings. The van der Waals surface area contributed by atoms with E-state index < -0.39 is 79.7 Å². The number of aliphatic hydroxyl groups excluding tert-OH is 1. The smallest absolute Gasteiger partial charge is 0.308 e. The predicted octanol–water partition coefficient (Wildman–Crippen LogP) is 2.75. The van der Waals surface area contributed by atoms with Gasteiger partial charge in [-0.15, -0.1) is 31.8 Å². The summed E-state index contributed by atoms with van der Waals surface area (Å²) in [5, 5.41) is 33.3. The fourth-order valence-electron chi connectivity index (χ4n) is 8.98. The van der Waals surface area contributed by atoms with E-state index >= 15 is 0 Å². The number of ether oxygens (including phenoxy) is 2. The van der Waals surface area contributed by atoms with Crippen molar-refractivity contribution in [2.45, 2.75) is 95.1 Å².